The third-order valence-corrected chi connectivity index (χ3v) is 10.4. The second-order valence-electron chi connectivity index (χ2n) is 13.2. The van der Waals surface area contributed by atoms with Crippen LogP contribution >= 0.6 is 0 Å². The van der Waals surface area contributed by atoms with Gasteiger partial charge in [0, 0.05) is 6.61 Å². The first-order valence-corrected chi connectivity index (χ1v) is 15.3. The van der Waals surface area contributed by atoms with Gasteiger partial charge in [-0.15, -0.1) is 0 Å². The van der Waals surface area contributed by atoms with Crippen molar-refractivity contribution in [3.8, 4) is 0 Å². The highest BCUT2D eigenvalue weighted by atomic mass is 16.3. The van der Waals surface area contributed by atoms with Crippen LogP contribution in [0.4, 0.5) is 0 Å². The highest BCUT2D eigenvalue weighted by molar-refractivity contribution is 5.08. The van der Waals surface area contributed by atoms with E-state index >= 15 is 0 Å². The van der Waals surface area contributed by atoms with Gasteiger partial charge in [-0.3, -0.25) is 0 Å². The predicted molar refractivity (Wildman–Crippen MR) is 150 cm³/mol. The molecule has 3 aliphatic rings. The third-order valence-electron chi connectivity index (χ3n) is 10.4. The van der Waals surface area contributed by atoms with E-state index in [4.69, 9.17) is 0 Å². The number of rotatable bonds is 8. The molecular weight excluding hydrogens is 416 g/mol. The fraction of sp³-hybridized carbons (Fsp3) is 1.00. The van der Waals surface area contributed by atoms with Crippen molar-refractivity contribution in [3.63, 3.8) is 0 Å². The van der Waals surface area contributed by atoms with Crippen LogP contribution in [0.25, 0.3) is 0 Å². The predicted octanol–water partition coefficient (Wildman–Crippen LogP) is 9.27. The number of hydrogen-bond donors (Lipinski definition) is 2. The van der Waals surface area contributed by atoms with Crippen LogP contribution in [0.3, 0.4) is 0 Å². The van der Waals surface area contributed by atoms with Crippen molar-refractivity contribution in [2.75, 3.05) is 6.61 Å². The van der Waals surface area contributed by atoms with E-state index in [0.29, 0.717) is 17.4 Å². The molecule has 8 atom stereocenters. The Kier molecular flexibility index (Phi) is 13.2. The minimum atomic E-state index is -0.530. The summed E-state index contributed by atoms with van der Waals surface area (Å²) in [5.41, 5.74) is 0.418. The Labute approximate surface area is 215 Å². The molecule has 3 rings (SSSR count). The summed E-state index contributed by atoms with van der Waals surface area (Å²) < 4.78 is 0. The van der Waals surface area contributed by atoms with Crippen molar-refractivity contribution in [2.24, 2.45) is 46.3 Å². The normalized spacial score (nSPS) is 37.9. The maximum atomic E-state index is 10.2. The Morgan fingerprint density at radius 2 is 1.56 bits per heavy atom. The molecule has 0 aromatic carbocycles. The molecule has 3 saturated carbocycles. The van der Waals surface area contributed by atoms with Crippen LogP contribution in [-0.4, -0.2) is 22.4 Å². The van der Waals surface area contributed by atoms with Crippen molar-refractivity contribution in [1.29, 1.82) is 0 Å². The molecule has 0 spiro atoms. The van der Waals surface area contributed by atoms with Crippen LogP contribution in [0, 0.1) is 46.3 Å². The monoisotopic (exact) mass is 480 g/mol. The molecule has 7 unspecified atom stereocenters. The number of aliphatic hydroxyl groups excluding tert-OH is 1. The maximum Gasteiger partial charge on any atom is 0.0591 e. The summed E-state index contributed by atoms with van der Waals surface area (Å²) in [5.74, 6) is 5.09. The Morgan fingerprint density at radius 3 is 2.09 bits per heavy atom. The van der Waals surface area contributed by atoms with E-state index in [-0.39, 0.29) is 0 Å². The summed E-state index contributed by atoms with van der Waals surface area (Å²) in [6.07, 6.45) is 15.4. The molecule has 3 fully saturated rings. The summed E-state index contributed by atoms with van der Waals surface area (Å²) in [7, 11) is 0. The van der Waals surface area contributed by atoms with Gasteiger partial charge in [0.05, 0.1) is 5.60 Å². The fourth-order valence-electron chi connectivity index (χ4n) is 8.81. The van der Waals surface area contributed by atoms with Crippen molar-refractivity contribution in [3.05, 3.63) is 0 Å². The molecule has 3 aliphatic carbocycles. The summed E-state index contributed by atoms with van der Waals surface area (Å²) in [6, 6.07) is 0. The zero-order valence-electron chi connectivity index (χ0n) is 25.1. The van der Waals surface area contributed by atoms with E-state index in [0.717, 1.165) is 54.8 Å². The van der Waals surface area contributed by atoms with Gasteiger partial charge in [-0.05, 0) is 124 Å². The lowest BCUT2D eigenvalue weighted by molar-refractivity contribution is -0.106. The van der Waals surface area contributed by atoms with Crippen LogP contribution in [0.5, 0.6) is 0 Å². The molecule has 0 heterocycles. The molecule has 2 N–H and O–H groups in total. The molecule has 0 radical (unpaired) electrons. The first-order valence-electron chi connectivity index (χ1n) is 15.3. The summed E-state index contributed by atoms with van der Waals surface area (Å²) >= 11 is 0. The summed E-state index contributed by atoms with van der Waals surface area (Å²) in [4.78, 5) is 0. The van der Waals surface area contributed by atoms with Crippen molar-refractivity contribution >= 4 is 0 Å². The maximum absolute atomic E-state index is 10.2. The lowest BCUT2D eigenvalue weighted by atomic mass is 9.45. The minimum absolute atomic E-state index is 0.353. The van der Waals surface area contributed by atoms with Gasteiger partial charge < -0.3 is 10.2 Å². The number of hydrogen-bond acceptors (Lipinski definition) is 2. The molecule has 2 heteroatoms. The lowest BCUT2D eigenvalue weighted by Crippen LogP contribution is -2.52. The van der Waals surface area contributed by atoms with Gasteiger partial charge in [-0.25, -0.2) is 0 Å². The largest absolute Gasteiger partial charge is 0.396 e. The first-order chi connectivity index (χ1) is 16.0. The zero-order chi connectivity index (χ0) is 26.2. The Balaban J connectivity index is 0.00000107. The second kappa shape index (κ2) is 14.0. The van der Waals surface area contributed by atoms with Crippen LogP contribution in [0.1, 0.15) is 146 Å². The minimum Gasteiger partial charge on any atom is -0.396 e. The van der Waals surface area contributed by atoms with Crippen LogP contribution < -0.4 is 0 Å². The van der Waals surface area contributed by atoms with Gasteiger partial charge in [0.2, 0.25) is 0 Å². The van der Waals surface area contributed by atoms with Gasteiger partial charge in [0.25, 0.3) is 0 Å². The highest BCUT2D eigenvalue weighted by Crippen LogP contribution is 2.67. The molecule has 0 aliphatic heterocycles. The van der Waals surface area contributed by atoms with Crippen molar-refractivity contribution in [2.45, 2.75) is 152 Å². The van der Waals surface area contributed by atoms with Crippen LogP contribution in [-0.2, 0) is 0 Å². The van der Waals surface area contributed by atoms with Gasteiger partial charge in [-0.1, -0.05) is 68.2 Å². The quantitative estimate of drug-likeness (QED) is 0.363. The molecule has 0 aromatic rings. The Morgan fingerprint density at radius 1 is 0.941 bits per heavy atom. The lowest BCUT2D eigenvalue weighted by Gasteiger charge is -2.59. The van der Waals surface area contributed by atoms with Gasteiger partial charge in [0.1, 0.15) is 0 Å². The fourth-order valence-corrected chi connectivity index (χ4v) is 8.81. The molecule has 34 heavy (non-hydrogen) atoms. The molecule has 0 aromatic heterocycles. The summed E-state index contributed by atoms with van der Waals surface area (Å²) in [5, 5.41) is 19.8. The second-order valence-corrected chi connectivity index (χ2v) is 13.2. The molecule has 2 nitrogen and oxygen atoms in total. The van der Waals surface area contributed by atoms with E-state index in [2.05, 4.69) is 41.5 Å². The molecule has 204 valence electrons. The molecule has 0 bridgehead atoms. The van der Waals surface area contributed by atoms with E-state index in [1.807, 2.05) is 27.7 Å². The Hall–Kier alpha value is -0.0800. The molecule has 0 amide bonds. The van der Waals surface area contributed by atoms with Crippen LogP contribution in [0.15, 0.2) is 0 Å². The van der Waals surface area contributed by atoms with E-state index in [1.165, 1.54) is 57.8 Å². The Bertz CT molecular complexity index is 552. The molecular formula is C32H64O2. The van der Waals surface area contributed by atoms with Crippen molar-refractivity contribution < 1.29 is 10.2 Å². The highest BCUT2D eigenvalue weighted by Gasteiger charge is 2.59. The molecule has 0 saturated heterocycles. The smallest absolute Gasteiger partial charge is 0.0591 e. The van der Waals surface area contributed by atoms with Crippen LogP contribution in [0.2, 0.25) is 0 Å². The van der Waals surface area contributed by atoms with Crippen molar-refractivity contribution in [1.82, 2.24) is 0 Å². The topological polar surface area (TPSA) is 40.5 Å². The SMILES string of the molecule is CC.CCC.CCC1CCC2C(CCC3(C)C2CCC3[C@H](C)CCC(C)(C)O)C1(C)CCCO. The van der Waals surface area contributed by atoms with E-state index in [9.17, 15) is 10.2 Å². The summed E-state index contributed by atoms with van der Waals surface area (Å²) in [6.45, 7) is 22.6. The number of fused-ring (bicyclic) bond motifs is 3. The van der Waals surface area contributed by atoms with Gasteiger partial charge in [0.15, 0.2) is 0 Å². The van der Waals surface area contributed by atoms with Gasteiger partial charge in [-0.2, -0.15) is 0 Å². The number of aliphatic hydroxyl groups is 2. The average Bonchev–Trinajstić information content (AvgIpc) is 3.15. The first kappa shape index (κ1) is 31.9. The van der Waals surface area contributed by atoms with Gasteiger partial charge >= 0.3 is 0 Å². The van der Waals surface area contributed by atoms with E-state index < -0.39 is 5.60 Å². The zero-order valence-corrected chi connectivity index (χ0v) is 25.1. The standard InChI is InChI=1S/C27H50O2.C3H8.C2H6/c1-7-20-9-10-21-23-12-11-22(19(2)13-16-25(3,4)29)27(23,6)17-14-24(21)26(20,5)15-8-18-28;1-3-2;1-2/h19-24,28-29H,7-18H2,1-6H3;3H2,1-2H3;1-2H3/t19-,20?,21?,22?,23?,24?,26?,27?;;/m1../s1. The van der Waals surface area contributed by atoms with E-state index in [1.54, 1.807) is 0 Å². The third kappa shape index (κ3) is 7.24. The average molecular weight is 481 g/mol.